The summed E-state index contributed by atoms with van der Waals surface area (Å²) in [7, 11) is 0. The second-order valence-corrected chi connectivity index (χ2v) is 4.26. The SMILES string of the molecule is N#C/C(=C\c1ccccc1OCC(=O)O)c1ccccc1. The highest BCUT2D eigenvalue weighted by molar-refractivity contribution is 5.90. The van der Waals surface area contributed by atoms with Crippen LogP contribution < -0.4 is 4.74 Å². The number of nitriles is 1. The zero-order chi connectivity index (χ0) is 15.1. The third-order valence-corrected chi connectivity index (χ3v) is 2.78. The number of carboxylic acid groups (broad SMARTS) is 1. The van der Waals surface area contributed by atoms with E-state index in [1.165, 1.54) is 0 Å². The number of nitrogens with zero attached hydrogens (tertiary/aromatic N) is 1. The first kappa shape index (κ1) is 14.4. The van der Waals surface area contributed by atoms with Crippen LogP contribution in [0.3, 0.4) is 0 Å². The highest BCUT2D eigenvalue weighted by atomic mass is 16.5. The Balaban J connectivity index is 2.35. The normalized spacial score (nSPS) is 10.7. The molecule has 0 bridgehead atoms. The summed E-state index contributed by atoms with van der Waals surface area (Å²) in [5, 5.41) is 18.0. The van der Waals surface area contributed by atoms with E-state index in [2.05, 4.69) is 6.07 Å². The van der Waals surface area contributed by atoms with Crippen molar-refractivity contribution in [1.82, 2.24) is 0 Å². The predicted molar refractivity (Wildman–Crippen MR) is 79.5 cm³/mol. The molecule has 0 fully saturated rings. The molecule has 0 radical (unpaired) electrons. The molecule has 104 valence electrons. The van der Waals surface area contributed by atoms with E-state index in [0.29, 0.717) is 16.9 Å². The number of allylic oxidation sites excluding steroid dienone is 1. The van der Waals surface area contributed by atoms with E-state index in [1.54, 1.807) is 30.3 Å². The van der Waals surface area contributed by atoms with E-state index in [4.69, 9.17) is 9.84 Å². The van der Waals surface area contributed by atoms with Crippen molar-refractivity contribution in [2.75, 3.05) is 6.61 Å². The highest BCUT2D eigenvalue weighted by Crippen LogP contribution is 2.24. The Labute approximate surface area is 122 Å². The maximum absolute atomic E-state index is 10.6. The summed E-state index contributed by atoms with van der Waals surface area (Å²) < 4.78 is 5.23. The van der Waals surface area contributed by atoms with Crippen LogP contribution in [0.25, 0.3) is 11.6 Å². The molecule has 1 N–H and O–H groups in total. The Kier molecular flexibility index (Phi) is 4.73. The van der Waals surface area contributed by atoms with Crippen molar-refractivity contribution in [1.29, 1.82) is 5.26 Å². The third-order valence-electron chi connectivity index (χ3n) is 2.78. The molecule has 0 saturated carbocycles. The van der Waals surface area contributed by atoms with Gasteiger partial charge in [-0.25, -0.2) is 4.79 Å². The van der Waals surface area contributed by atoms with Crippen LogP contribution >= 0.6 is 0 Å². The van der Waals surface area contributed by atoms with E-state index < -0.39 is 12.6 Å². The van der Waals surface area contributed by atoms with Crippen molar-refractivity contribution in [2.24, 2.45) is 0 Å². The van der Waals surface area contributed by atoms with Gasteiger partial charge in [-0.15, -0.1) is 0 Å². The van der Waals surface area contributed by atoms with Gasteiger partial charge in [0.2, 0.25) is 0 Å². The van der Waals surface area contributed by atoms with Crippen molar-refractivity contribution in [3.63, 3.8) is 0 Å². The molecular weight excluding hydrogens is 266 g/mol. The van der Waals surface area contributed by atoms with E-state index in [0.717, 1.165) is 5.56 Å². The van der Waals surface area contributed by atoms with Crippen LogP contribution in [0.2, 0.25) is 0 Å². The molecule has 0 heterocycles. The summed E-state index contributed by atoms with van der Waals surface area (Å²) in [5.74, 6) is -0.610. The zero-order valence-corrected chi connectivity index (χ0v) is 11.2. The van der Waals surface area contributed by atoms with Gasteiger partial charge in [0.15, 0.2) is 6.61 Å². The minimum Gasteiger partial charge on any atom is -0.481 e. The maximum Gasteiger partial charge on any atom is 0.341 e. The largest absolute Gasteiger partial charge is 0.481 e. The third kappa shape index (κ3) is 3.95. The number of ether oxygens (including phenoxy) is 1. The lowest BCUT2D eigenvalue weighted by Gasteiger charge is -2.07. The summed E-state index contributed by atoms with van der Waals surface area (Å²) in [5.41, 5.74) is 1.95. The van der Waals surface area contributed by atoms with Gasteiger partial charge in [-0.3, -0.25) is 0 Å². The maximum atomic E-state index is 10.6. The Hall–Kier alpha value is -3.06. The van der Waals surface area contributed by atoms with E-state index in [-0.39, 0.29) is 0 Å². The van der Waals surface area contributed by atoms with Gasteiger partial charge in [-0.1, -0.05) is 48.5 Å². The fourth-order valence-corrected chi connectivity index (χ4v) is 1.82. The van der Waals surface area contributed by atoms with Gasteiger partial charge in [0, 0.05) is 5.56 Å². The fourth-order valence-electron chi connectivity index (χ4n) is 1.82. The quantitative estimate of drug-likeness (QED) is 0.674. The van der Waals surface area contributed by atoms with Gasteiger partial charge >= 0.3 is 5.97 Å². The van der Waals surface area contributed by atoms with Gasteiger partial charge in [0.25, 0.3) is 0 Å². The molecule has 4 nitrogen and oxygen atoms in total. The van der Waals surface area contributed by atoms with Crippen LogP contribution in [0.1, 0.15) is 11.1 Å². The standard InChI is InChI=1S/C17H13NO3/c18-11-15(13-6-2-1-3-7-13)10-14-8-4-5-9-16(14)21-12-17(19)20/h1-10H,12H2,(H,19,20)/b15-10+. The number of aliphatic carboxylic acids is 1. The topological polar surface area (TPSA) is 70.3 Å². The summed E-state index contributed by atoms with van der Waals surface area (Å²) in [6.07, 6.45) is 1.69. The first-order valence-corrected chi connectivity index (χ1v) is 6.31. The number of carbonyl (C=O) groups is 1. The molecule has 2 aromatic rings. The average molecular weight is 279 g/mol. The monoisotopic (exact) mass is 279 g/mol. The van der Waals surface area contributed by atoms with Gasteiger partial charge in [0.1, 0.15) is 5.75 Å². The Bertz CT molecular complexity index is 699. The van der Waals surface area contributed by atoms with E-state index >= 15 is 0 Å². The number of hydrogen-bond donors (Lipinski definition) is 1. The minimum absolute atomic E-state index is 0.419. The zero-order valence-electron chi connectivity index (χ0n) is 11.2. The van der Waals surface area contributed by atoms with Crippen molar-refractivity contribution < 1.29 is 14.6 Å². The van der Waals surface area contributed by atoms with Gasteiger partial charge in [-0.05, 0) is 17.7 Å². The summed E-state index contributed by atoms with van der Waals surface area (Å²) in [6.45, 7) is -0.419. The number of hydrogen-bond acceptors (Lipinski definition) is 3. The van der Waals surface area contributed by atoms with Crippen molar-refractivity contribution in [3.8, 4) is 11.8 Å². The highest BCUT2D eigenvalue weighted by Gasteiger charge is 2.06. The van der Waals surface area contributed by atoms with E-state index in [1.807, 2.05) is 30.3 Å². The number of rotatable bonds is 5. The summed E-state index contributed by atoms with van der Waals surface area (Å²) in [6, 6.07) is 18.4. The molecule has 2 aromatic carbocycles. The smallest absolute Gasteiger partial charge is 0.341 e. The van der Waals surface area contributed by atoms with Crippen molar-refractivity contribution >= 4 is 17.6 Å². The summed E-state index contributed by atoms with van der Waals surface area (Å²) >= 11 is 0. The molecule has 2 rings (SSSR count). The number of benzene rings is 2. The second kappa shape index (κ2) is 6.92. The molecule has 0 atom stereocenters. The molecule has 0 saturated heterocycles. The van der Waals surface area contributed by atoms with Crippen LogP contribution in [0.15, 0.2) is 54.6 Å². The summed E-state index contributed by atoms with van der Waals surface area (Å²) in [4.78, 5) is 10.6. The van der Waals surface area contributed by atoms with Crippen LogP contribution in [0.4, 0.5) is 0 Å². The average Bonchev–Trinajstić information content (AvgIpc) is 2.52. The molecule has 0 unspecified atom stereocenters. The van der Waals surface area contributed by atoms with Crippen LogP contribution in [-0.2, 0) is 4.79 Å². The molecule has 0 aliphatic carbocycles. The molecule has 0 amide bonds. The van der Waals surface area contributed by atoms with Crippen LogP contribution in [-0.4, -0.2) is 17.7 Å². The lowest BCUT2D eigenvalue weighted by Crippen LogP contribution is -2.09. The first-order chi connectivity index (χ1) is 10.2. The minimum atomic E-state index is -1.04. The Morgan fingerprint density at radius 3 is 2.48 bits per heavy atom. The van der Waals surface area contributed by atoms with Gasteiger partial charge in [0.05, 0.1) is 11.6 Å². The van der Waals surface area contributed by atoms with Crippen LogP contribution in [0.5, 0.6) is 5.75 Å². The molecule has 21 heavy (non-hydrogen) atoms. The molecule has 0 aliphatic heterocycles. The molecule has 4 heteroatoms. The van der Waals surface area contributed by atoms with E-state index in [9.17, 15) is 10.1 Å². The predicted octanol–water partition coefficient (Wildman–Crippen LogP) is 3.21. The van der Waals surface area contributed by atoms with Gasteiger partial charge < -0.3 is 9.84 Å². The number of para-hydroxylation sites is 1. The Morgan fingerprint density at radius 1 is 1.14 bits per heavy atom. The second-order valence-electron chi connectivity index (χ2n) is 4.26. The molecule has 0 spiro atoms. The van der Waals surface area contributed by atoms with Crippen molar-refractivity contribution in [3.05, 3.63) is 65.7 Å². The van der Waals surface area contributed by atoms with Crippen molar-refractivity contribution in [2.45, 2.75) is 0 Å². The number of carboxylic acids is 1. The fraction of sp³-hybridized carbons (Fsp3) is 0.0588. The lowest BCUT2D eigenvalue weighted by atomic mass is 10.0. The lowest BCUT2D eigenvalue weighted by molar-refractivity contribution is -0.139. The molecule has 0 aliphatic rings. The van der Waals surface area contributed by atoms with Gasteiger partial charge in [-0.2, -0.15) is 5.26 Å². The Morgan fingerprint density at radius 2 is 1.81 bits per heavy atom. The molecule has 0 aromatic heterocycles. The molecular formula is C17H13NO3. The van der Waals surface area contributed by atoms with Crippen LogP contribution in [0, 0.1) is 11.3 Å². The first-order valence-electron chi connectivity index (χ1n) is 6.31.